The first-order valence-electron chi connectivity index (χ1n) is 6.20. The van der Waals surface area contributed by atoms with E-state index in [9.17, 15) is 4.79 Å². The van der Waals surface area contributed by atoms with E-state index in [-0.39, 0.29) is 12.0 Å². The summed E-state index contributed by atoms with van der Waals surface area (Å²) in [5.41, 5.74) is 1.64. The van der Waals surface area contributed by atoms with Gasteiger partial charge in [-0.3, -0.25) is 0 Å². The summed E-state index contributed by atoms with van der Waals surface area (Å²) in [5.74, 6) is -0.00782. The number of carboxylic acids is 1. The summed E-state index contributed by atoms with van der Waals surface area (Å²) < 4.78 is 10.4. The van der Waals surface area contributed by atoms with Crippen molar-refractivity contribution in [2.45, 2.75) is 33.6 Å². The van der Waals surface area contributed by atoms with E-state index in [1.54, 1.807) is 0 Å². The molecule has 0 aliphatic heterocycles. The van der Waals surface area contributed by atoms with Gasteiger partial charge in [-0.15, -0.1) is 0 Å². The highest BCUT2D eigenvalue weighted by atomic mass is 16.5. The molecule has 1 N–H and O–H groups in total. The van der Waals surface area contributed by atoms with Crippen LogP contribution in [0.4, 0.5) is 0 Å². The lowest BCUT2D eigenvalue weighted by atomic mass is 9.82. The maximum Gasteiger partial charge on any atom is 0.329 e. The highest BCUT2D eigenvalue weighted by molar-refractivity contribution is 5.67. The maximum absolute atomic E-state index is 10.2. The van der Waals surface area contributed by atoms with Gasteiger partial charge in [-0.2, -0.15) is 0 Å². The monoisotopic (exact) mass is 254 g/mol. The Morgan fingerprint density at radius 3 is 2.50 bits per heavy atom. The van der Waals surface area contributed by atoms with Crippen molar-refractivity contribution >= 4 is 5.97 Å². The van der Waals surface area contributed by atoms with Gasteiger partial charge in [-0.25, -0.2) is 4.79 Å². The van der Waals surface area contributed by atoms with Crippen molar-refractivity contribution in [3.05, 3.63) is 23.5 Å². The predicted molar refractivity (Wildman–Crippen MR) is 69.3 cm³/mol. The molecule has 0 aromatic rings. The van der Waals surface area contributed by atoms with Crippen LogP contribution in [0.25, 0.3) is 0 Å². The average molecular weight is 254 g/mol. The van der Waals surface area contributed by atoms with Gasteiger partial charge in [-0.05, 0) is 17.9 Å². The maximum atomic E-state index is 10.2. The van der Waals surface area contributed by atoms with E-state index in [0.717, 1.165) is 18.6 Å². The molecule has 0 aromatic heterocycles. The fourth-order valence-electron chi connectivity index (χ4n) is 1.74. The summed E-state index contributed by atoms with van der Waals surface area (Å²) in [6, 6.07) is 0. The first-order chi connectivity index (χ1) is 8.39. The first kappa shape index (κ1) is 14.8. The largest absolute Gasteiger partial charge is 0.496 e. The molecule has 18 heavy (non-hydrogen) atoms. The standard InChI is InChI=1S/C14H22O4/c1-14(2,3)11-4-6-12(7-5-11)18-9-8-17-10-13(15)16/h4,7H,5-6,8-10H2,1-3H3,(H,15,16). The van der Waals surface area contributed by atoms with E-state index < -0.39 is 5.97 Å². The normalized spacial score (nSPS) is 15.9. The van der Waals surface area contributed by atoms with E-state index in [1.165, 1.54) is 5.57 Å². The quantitative estimate of drug-likeness (QED) is 0.585. The molecule has 0 bridgehead atoms. The Hall–Kier alpha value is -1.29. The second kappa shape index (κ2) is 6.59. The van der Waals surface area contributed by atoms with Crippen molar-refractivity contribution in [2.75, 3.05) is 19.8 Å². The van der Waals surface area contributed by atoms with Crippen molar-refractivity contribution in [3.63, 3.8) is 0 Å². The zero-order valence-electron chi connectivity index (χ0n) is 11.4. The molecule has 102 valence electrons. The fourth-order valence-corrected chi connectivity index (χ4v) is 1.74. The van der Waals surface area contributed by atoms with Crippen molar-refractivity contribution < 1.29 is 19.4 Å². The van der Waals surface area contributed by atoms with Gasteiger partial charge in [0.1, 0.15) is 13.2 Å². The number of hydrogen-bond donors (Lipinski definition) is 1. The van der Waals surface area contributed by atoms with Crippen molar-refractivity contribution in [1.29, 1.82) is 0 Å². The fraction of sp³-hybridized carbons (Fsp3) is 0.643. The number of carbonyl (C=O) groups is 1. The van der Waals surface area contributed by atoms with Crippen molar-refractivity contribution in [3.8, 4) is 0 Å². The third-order valence-electron chi connectivity index (χ3n) is 2.80. The Kier molecular flexibility index (Phi) is 5.41. The van der Waals surface area contributed by atoms with E-state index in [4.69, 9.17) is 14.6 Å². The van der Waals surface area contributed by atoms with Gasteiger partial charge in [0.05, 0.1) is 12.4 Å². The van der Waals surface area contributed by atoms with Gasteiger partial charge in [0.15, 0.2) is 0 Å². The van der Waals surface area contributed by atoms with Gasteiger partial charge in [0, 0.05) is 6.42 Å². The third-order valence-corrected chi connectivity index (χ3v) is 2.80. The number of aliphatic carboxylic acids is 1. The van der Waals surface area contributed by atoms with Gasteiger partial charge >= 0.3 is 5.97 Å². The molecule has 0 spiro atoms. The van der Waals surface area contributed by atoms with Crippen LogP contribution in [-0.4, -0.2) is 30.9 Å². The van der Waals surface area contributed by atoms with Crippen LogP contribution >= 0.6 is 0 Å². The Labute approximate surface area is 108 Å². The minimum atomic E-state index is -0.954. The summed E-state index contributed by atoms with van der Waals surface area (Å²) in [6.45, 7) is 7.06. The molecule has 0 heterocycles. The highest BCUT2D eigenvalue weighted by Gasteiger charge is 2.18. The second-order valence-corrected chi connectivity index (χ2v) is 5.35. The Morgan fingerprint density at radius 1 is 1.28 bits per heavy atom. The minimum Gasteiger partial charge on any atom is -0.496 e. The Morgan fingerprint density at radius 2 is 2.00 bits per heavy atom. The molecule has 0 saturated carbocycles. The molecule has 0 aromatic carbocycles. The lowest BCUT2D eigenvalue weighted by Crippen LogP contribution is -2.13. The molecular formula is C14H22O4. The molecule has 1 rings (SSSR count). The first-order valence-corrected chi connectivity index (χ1v) is 6.20. The second-order valence-electron chi connectivity index (χ2n) is 5.35. The van der Waals surface area contributed by atoms with Crippen LogP contribution in [0.5, 0.6) is 0 Å². The van der Waals surface area contributed by atoms with Crippen LogP contribution in [0.3, 0.4) is 0 Å². The van der Waals surface area contributed by atoms with E-state index in [0.29, 0.717) is 13.2 Å². The molecule has 0 amide bonds. The minimum absolute atomic E-state index is 0.215. The molecule has 0 unspecified atom stereocenters. The van der Waals surface area contributed by atoms with Crippen LogP contribution in [0.1, 0.15) is 33.6 Å². The van der Waals surface area contributed by atoms with Crippen LogP contribution in [0.2, 0.25) is 0 Å². The Bertz CT molecular complexity index is 347. The zero-order valence-corrected chi connectivity index (χ0v) is 11.4. The zero-order chi connectivity index (χ0) is 13.6. The van der Waals surface area contributed by atoms with Gasteiger partial charge in [0.2, 0.25) is 0 Å². The summed E-state index contributed by atoms with van der Waals surface area (Å²) in [6.07, 6.45) is 6.05. The topological polar surface area (TPSA) is 55.8 Å². The predicted octanol–water partition coefficient (Wildman–Crippen LogP) is 2.75. The summed E-state index contributed by atoms with van der Waals surface area (Å²) in [4.78, 5) is 10.2. The number of carboxylic acid groups (broad SMARTS) is 1. The molecule has 0 atom stereocenters. The molecule has 4 nitrogen and oxygen atoms in total. The van der Waals surface area contributed by atoms with E-state index in [2.05, 4.69) is 32.9 Å². The molecule has 0 fully saturated rings. The van der Waals surface area contributed by atoms with Gasteiger partial charge < -0.3 is 14.6 Å². The SMILES string of the molecule is CC(C)(C)C1=CCC(OCCOCC(=O)O)=CC1. The summed E-state index contributed by atoms with van der Waals surface area (Å²) >= 11 is 0. The third kappa shape index (κ3) is 5.36. The van der Waals surface area contributed by atoms with Crippen LogP contribution in [0.15, 0.2) is 23.5 Å². The smallest absolute Gasteiger partial charge is 0.329 e. The molecule has 0 saturated heterocycles. The highest BCUT2D eigenvalue weighted by Crippen LogP contribution is 2.32. The Balaban J connectivity index is 2.20. The van der Waals surface area contributed by atoms with Crippen molar-refractivity contribution in [2.24, 2.45) is 5.41 Å². The van der Waals surface area contributed by atoms with Gasteiger partial charge in [0.25, 0.3) is 0 Å². The molecule has 0 radical (unpaired) electrons. The molecule has 1 aliphatic rings. The molecular weight excluding hydrogens is 232 g/mol. The summed E-state index contributed by atoms with van der Waals surface area (Å²) in [7, 11) is 0. The van der Waals surface area contributed by atoms with Crippen molar-refractivity contribution in [1.82, 2.24) is 0 Å². The van der Waals surface area contributed by atoms with E-state index >= 15 is 0 Å². The molecule has 1 aliphatic carbocycles. The lowest BCUT2D eigenvalue weighted by Gasteiger charge is -2.25. The average Bonchev–Trinajstić information content (AvgIpc) is 2.27. The number of ether oxygens (including phenoxy) is 2. The molecule has 4 heteroatoms. The van der Waals surface area contributed by atoms with Crippen LogP contribution in [0, 0.1) is 5.41 Å². The number of hydrogen-bond acceptors (Lipinski definition) is 3. The lowest BCUT2D eigenvalue weighted by molar-refractivity contribution is -0.142. The number of allylic oxidation sites excluding steroid dienone is 3. The van der Waals surface area contributed by atoms with Gasteiger partial charge in [-0.1, -0.05) is 32.4 Å². The van der Waals surface area contributed by atoms with Crippen LogP contribution in [-0.2, 0) is 14.3 Å². The van der Waals surface area contributed by atoms with Crippen LogP contribution < -0.4 is 0 Å². The summed E-state index contributed by atoms with van der Waals surface area (Å²) in [5, 5.41) is 8.38. The number of rotatable bonds is 6. The van der Waals surface area contributed by atoms with E-state index in [1.807, 2.05) is 0 Å².